The number of phenols is 2. The molecule has 0 spiro atoms. The van der Waals surface area contributed by atoms with Gasteiger partial charge in [0.25, 0.3) is 0 Å². The predicted octanol–water partition coefficient (Wildman–Crippen LogP) is 1.77. The molecular weight excluding hydrogens is 250 g/mol. The van der Waals surface area contributed by atoms with E-state index < -0.39 is 5.97 Å². The molecule has 6 heteroatoms. The molecule has 0 saturated carbocycles. The van der Waals surface area contributed by atoms with Gasteiger partial charge in [0, 0.05) is 12.8 Å². The minimum Gasteiger partial charge on any atom is -0.507 e. The smallest absolute Gasteiger partial charge is 0.340 e. The number of ether oxygens (including phenoxy) is 2. The van der Waals surface area contributed by atoms with Gasteiger partial charge in [0.1, 0.15) is 18.1 Å². The third kappa shape index (κ3) is 2.63. The van der Waals surface area contributed by atoms with E-state index >= 15 is 0 Å². The van der Waals surface area contributed by atoms with Crippen molar-refractivity contribution in [2.24, 2.45) is 0 Å². The van der Waals surface area contributed by atoms with E-state index in [9.17, 15) is 15.0 Å². The summed E-state index contributed by atoms with van der Waals surface area (Å²) in [5, 5.41) is 19.6. The first-order valence-electron chi connectivity index (χ1n) is 5.92. The molecule has 0 fully saturated rings. The molecule has 0 saturated heterocycles. The molecule has 1 aromatic heterocycles. The van der Waals surface area contributed by atoms with Crippen molar-refractivity contribution < 1.29 is 24.5 Å². The summed E-state index contributed by atoms with van der Waals surface area (Å²) in [6, 6.07) is 2.67. The van der Waals surface area contributed by atoms with Gasteiger partial charge >= 0.3 is 5.97 Å². The number of nitrogens with one attached hydrogen (secondary N) is 1. The molecule has 6 nitrogen and oxygen atoms in total. The molecule has 0 aliphatic heterocycles. The van der Waals surface area contributed by atoms with Crippen molar-refractivity contribution in [3.63, 3.8) is 0 Å². The van der Waals surface area contributed by atoms with Crippen LogP contribution in [0, 0.1) is 0 Å². The number of H-pyrrole nitrogens is 1. The molecule has 19 heavy (non-hydrogen) atoms. The Bertz CT molecular complexity index is 590. The van der Waals surface area contributed by atoms with Crippen LogP contribution in [0.15, 0.2) is 18.3 Å². The van der Waals surface area contributed by atoms with Crippen molar-refractivity contribution in [3.05, 3.63) is 23.9 Å². The van der Waals surface area contributed by atoms with Crippen molar-refractivity contribution in [1.82, 2.24) is 4.98 Å². The van der Waals surface area contributed by atoms with E-state index in [0.29, 0.717) is 18.7 Å². The number of esters is 1. The Morgan fingerprint density at radius 3 is 2.74 bits per heavy atom. The lowest BCUT2D eigenvalue weighted by atomic mass is 10.1. The van der Waals surface area contributed by atoms with Crippen molar-refractivity contribution in [2.45, 2.75) is 6.92 Å². The molecular formula is C13H15NO5. The third-order valence-electron chi connectivity index (χ3n) is 2.68. The van der Waals surface area contributed by atoms with E-state index in [1.54, 1.807) is 0 Å². The van der Waals surface area contributed by atoms with Crippen molar-refractivity contribution in [3.8, 4) is 11.5 Å². The SMILES string of the molecule is CCOCCOC(=O)c1c[nH]c2c(O)ccc(O)c12. The molecule has 0 aliphatic rings. The summed E-state index contributed by atoms with van der Waals surface area (Å²) in [5.41, 5.74) is 0.483. The zero-order valence-electron chi connectivity index (χ0n) is 10.5. The maximum atomic E-state index is 11.9. The van der Waals surface area contributed by atoms with Gasteiger partial charge in [0.15, 0.2) is 0 Å². The maximum absolute atomic E-state index is 11.9. The van der Waals surface area contributed by atoms with Crippen LogP contribution < -0.4 is 0 Å². The number of aromatic amines is 1. The van der Waals surface area contributed by atoms with E-state index in [-0.39, 0.29) is 29.1 Å². The number of carbonyl (C=O) groups excluding carboxylic acids is 1. The van der Waals surface area contributed by atoms with Crippen LogP contribution in [0.2, 0.25) is 0 Å². The highest BCUT2D eigenvalue weighted by Crippen LogP contribution is 2.33. The van der Waals surface area contributed by atoms with Crippen LogP contribution in [0.25, 0.3) is 10.9 Å². The molecule has 0 radical (unpaired) electrons. The average molecular weight is 265 g/mol. The van der Waals surface area contributed by atoms with Crippen molar-refractivity contribution >= 4 is 16.9 Å². The Morgan fingerprint density at radius 1 is 1.26 bits per heavy atom. The van der Waals surface area contributed by atoms with Crippen LogP contribution >= 0.6 is 0 Å². The van der Waals surface area contributed by atoms with Gasteiger partial charge in [-0.1, -0.05) is 0 Å². The first-order chi connectivity index (χ1) is 9.15. The fourth-order valence-electron chi connectivity index (χ4n) is 1.79. The lowest BCUT2D eigenvalue weighted by molar-refractivity contribution is 0.0337. The van der Waals surface area contributed by atoms with Crippen LogP contribution in [0.3, 0.4) is 0 Å². The molecule has 0 amide bonds. The average Bonchev–Trinajstić information content (AvgIpc) is 2.85. The molecule has 0 aliphatic carbocycles. The fourth-order valence-corrected chi connectivity index (χ4v) is 1.79. The van der Waals surface area contributed by atoms with E-state index in [0.717, 1.165) is 0 Å². The molecule has 0 unspecified atom stereocenters. The Morgan fingerprint density at radius 2 is 2.00 bits per heavy atom. The second-order valence-electron chi connectivity index (χ2n) is 3.89. The van der Waals surface area contributed by atoms with E-state index in [1.807, 2.05) is 6.92 Å². The Balaban J connectivity index is 2.21. The summed E-state index contributed by atoms with van der Waals surface area (Å²) in [4.78, 5) is 14.6. The van der Waals surface area contributed by atoms with Gasteiger partial charge in [-0.2, -0.15) is 0 Å². The first-order valence-corrected chi connectivity index (χ1v) is 5.92. The normalized spacial score (nSPS) is 10.8. The van der Waals surface area contributed by atoms with Gasteiger partial charge < -0.3 is 24.7 Å². The number of hydrogen-bond donors (Lipinski definition) is 3. The monoisotopic (exact) mass is 265 g/mol. The first kappa shape index (κ1) is 13.2. The molecule has 1 aromatic carbocycles. The number of phenolic OH excluding ortho intramolecular Hbond substituents is 2. The number of aromatic nitrogens is 1. The molecule has 2 rings (SSSR count). The number of benzene rings is 1. The summed E-state index contributed by atoms with van der Waals surface area (Å²) >= 11 is 0. The quantitative estimate of drug-likeness (QED) is 0.435. The summed E-state index contributed by atoms with van der Waals surface area (Å²) in [6.07, 6.45) is 1.40. The number of fused-ring (bicyclic) bond motifs is 1. The molecule has 2 aromatic rings. The van der Waals surface area contributed by atoms with Crippen LogP contribution in [-0.4, -0.2) is 41.0 Å². The Hall–Kier alpha value is -2.21. The zero-order chi connectivity index (χ0) is 13.8. The predicted molar refractivity (Wildman–Crippen MR) is 68.4 cm³/mol. The highest BCUT2D eigenvalue weighted by atomic mass is 16.6. The molecule has 102 valence electrons. The van der Waals surface area contributed by atoms with Crippen molar-refractivity contribution in [2.75, 3.05) is 19.8 Å². The molecule has 1 heterocycles. The minimum atomic E-state index is -0.577. The van der Waals surface area contributed by atoms with E-state index in [4.69, 9.17) is 9.47 Å². The molecule has 0 bridgehead atoms. The Kier molecular flexibility index (Phi) is 3.91. The highest BCUT2D eigenvalue weighted by molar-refractivity contribution is 6.08. The van der Waals surface area contributed by atoms with Gasteiger partial charge in [0.05, 0.1) is 23.1 Å². The molecule has 3 N–H and O–H groups in total. The number of hydrogen-bond acceptors (Lipinski definition) is 5. The zero-order valence-corrected chi connectivity index (χ0v) is 10.5. The van der Waals surface area contributed by atoms with E-state index in [1.165, 1.54) is 18.3 Å². The topological polar surface area (TPSA) is 91.8 Å². The second kappa shape index (κ2) is 5.62. The summed E-state index contributed by atoms with van der Waals surface area (Å²) < 4.78 is 10.1. The summed E-state index contributed by atoms with van der Waals surface area (Å²) in [7, 11) is 0. The third-order valence-corrected chi connectivity index (χ3v) is 2.68. The number of carbonyl (C=O) groups is 1. The summed E-state index contributed by atoms with van der Waals surface area (Å²) in [6.45, 7) is 2.86. The van der Waals surface area contributed by atoms with Gasteiger partial charge in [-0.25, -0.2) is 4.79 Å². The highest BCUT2D eigenvalue weighted by Gasteiger charge is 2.18. The lowest BCUT2D eigenvalue weighted by Crippen LogP contribution is -2.10. The van der Waals surface area contributed by atoms with Gasteiger partial charge in [-0.15, -0.1) is 0 Å². The van der Waals surface area contributed by atoms with Crippen LogP contribution in [0.4, 0.5) is 0 Å². The van der Waals surface area contributed by atoms with E-state index in [2.05, 4.69) is 4.98 Å². The molecule has 0 atom stereocenters. The Labute approximate surface area is 109 Å². The lowest BCUT2D eigenvalue weighted by Gasteiger charge is -2.05. The fraction of sp³-hybridized carbons (Fsp3) is 0.308. The van der Waals surface area contributed by atoms with Crippen molar-refractivity contribution in [1.29, 1.82) is 0 Å². The van der Waals surface area contributed by atoms with Gasteiger partial charge in [-0.05, 0) is 19.1 Å². The minimum absolute atomic E-state index is 0.0406. The standard InChI is InChI=1S/C13H15NO5/c1-2-18-5-6-19-13(17)8-7-14-12-10(16)4-3-9(15)11(8)12/h3-4,7,14-16H,2,5-6H2,1H3. The van der Waals surface area contributed by atoms with Gasteiger partial charge in [0.2, 0.25) is 0 Å². The largest absolute Gasteiger partial charge is 0.507 e. The second-order valence-corrected chi connectivity index (χ2v) is 3.89. The summed E-state index contributed by atoms with van der Waals surface area (Å²) in [5.74, 6) is -0.709. The maximum Gasteiger partial charge on any atom is 0.340 e. The van der Waals surface area contributed by atoms with Crippen LogP contribution in [0.5, 0.6) is 11.5 Å². The van der Waals surface area contributed by atoms with Gasteiger partial charge in [-0.3, -0.25) is 0 Å². The number of rotatable bonds is 5. The number of aromatic hydroxyl groups is 2. The van der Waals surface area contributed by atoms with Crippen LogP contribution in [0.1, 0.15) is 17.3 Å². The van der Waals surface area contributed by atoms with Crippen LogP contribution in [-0.2, 0) is 9.47 Å².